The fourth-order valence-electron chi connectivity index (χ4n) is 3.72. The second kappa shape index (κ2) is 7.13. The number of hydrogen-bond donors (Lipinski definition) is 2. The predicted molar refractivity (Wildman–Crippen MR) is 109 cm³/mol. The standard InChI is InChI=1S/C20H27N5O4/c1-12-18(26)23-22-17-11-28-16-6-5-13(9-15(16)25(12)17)21-14-7-8-24(10-14)19(27)29-20(2,3)4/h5-6,9,12,14,21H,7-8,10-11H2,1-4H3,(H,23,26)/t12-,14+/m1/s1. The molecule has 156 valence electrons. The first-order valence-electron chi connectivity index (χ1n) is 9.88. The van der Waals surface area contributed by atoms with Crippen LogP contribution in [0.25, 0.3) is 0 Å². The lowest BCUT2D eigenvalue weighted by molar-refractivity contribution is -0.122. The van der Waals surface area contributed by atoms with E-state index in [4.69, 9.17) is 9.47 Å². The van der Waals surface area contributed by atoms with Gasteiger partial charge in [-0.2, -0.15) is 5.10 Å². The molecule has 1 aromatic rings. The fourth-order valence-corrected chi connectivity index (χ4v) is 3.72. The number of ether oxygens (including phenoxy) is 2. The number of carbonyl (C=O) groups is 2. The summed E-state index contributed by atoms with van der Waals surface area (Å²) in [5, 5.41) is 7.60. The maximum absolute atomic E-state index is 12.3. The molecule has 0 bridgehead atoms. The molecule has 1 fully saturated rings. The zero-order valence-corrected chi connectivity index (χ0v) is 17.2. The Labute approximate surface area is 170 Å². The van der Waals surface area contributed by atoms with Gasteiger partial charge in [0.1, 0.15) is 24.0 Å². The average molecular weight is 401 g/mol. The molecule has 3 aliphatic heterocycles. The molecule has 3 aliphatic rings. The molecule has 3 heterocycles. The molecule has 9 nitrogen and oxygen atoms in total. The van der Waals surface area contributed by atoms with E-state index in [1.54, 1.807) is 4.90 Å². The van der Waals surface area contributed by atoms with Gasteiger partial charge in [0.25, 0.3) is 5.91 Å². The summed E-state index contributed by atoms with van der Waals surface area (Å²) >= 11 is 0. The molecule has 9 heteroatoms. The van der Waals surface area contributed by atoms with Crippen molar-refractivity contribution in [3.05, 3.63) is 18.2 Å². The third-order valence-electron chi connectivity index (χ3n) is 5.13. The quantitative estimate of drug-likeness (QED) is 0.788. The van der Waals surface area contributed by atoms with Gasteiger partial charge in [0, 0.05) is 24.8 Å². The Morgan fingerprint density at radius 2 is 2.17 bits per heavy atom. The van der Waals surface area contributed by atoms with Crippen LogP contribution in [0.5, 0.6) is 5.75 Å². The first-order chi connectivity index (χ1) is 13.7. The number of hydrogen-bond acceptors (Lipinski definition) is 7. The molecule has 2 N–H and O–H groups in total. The van der Waals surface area contributed by atoms with Gasteiger partial charge in [0.15, 0.2) is 5.84 Å². The highest BCUT2D eigenvalue weighted by atomic mass is 16.6. The van der Waals surface area contributed by atoms with Crippen LogP contribution in [0.15, 0.2) is 23.3 Å². The van der Waals surface area contributed by atoms with Crippen molar-refractivity contribution in [1.82, 2.24) is 10.3 Å². The summed E-state index contributed by atoms with van der Waals surface area (Å²) in [5.74, 6) is 1.25. The monoisotopic (exact) mass is 401 g/mol. The van der Waals surface area contributed by atoms with Crippen LogP contribution < -0.4 is 20.4 Å². The van der Waals surface area contributed by atoms with E-state index in [1.807, 2.05) is 50.8 Å². The number of carbonyl (C=O) groups excluding carboxylic acids is 2. The van der Waals surface area contributed by atoms with Crippen molar-refractivity contribution in [1.29, 1.82) is 0 Å². The van der Waals surface area contributed by atoms with Gasteiger partial charge < -0.3 is 24.6 Å². The van der Waals surface area contributed by atoms with Gasteiger partial charge in [-0.05, 0) is 52.3 Å². The number of amides is 2. The summed E-state index contributed by atoms with van der Waals surface area (Å²) in [4.78, 5) is 28.0. The molecule has 2 atom stereocenters. The van der Waals surface area contributed by atoms with Crippen molar-refractivity contribution in [2.45, 2.75) is 51.8 Å². The minimum Gasteiger partial charge on any atom is -0.483 e. The SMILES string of the molecule is C[C@@H]1C(=O)NN=C2COc3ccc(N[C@H]4CCN(C(=O)OC(C)(C)C)C4)cc3N21. The van der Waals surface area contributed by atoms with Crippen molar-refractivity contribution in [3.8, 4) is 5.75 Å². The van der Waals surface area contributed by atoms with Gasteiger partial charge in [0.2, 0.25) is 0 Å². The highest BCUT2D eigenvalue weighted by Crippen LogP contribution is 2.37. The highest BCUT2D eigenvalue weighted by Gasteiger charge is 2.35. The van der Waals surface area contributed by atoms with Crippen molar-refractivity contribution in [3.63, 3.8) is 0 Å². The van der Waals surface area contributed by atoms with Gasteiger partial charge in [-0.25, -0.2) is 10.2 Å². The molecule has 29 heavy (non-hydrogen) atoms. The van der Waals surface area contributed by atoms with Crippen molar-refractivity contribution >= 4 is 29.2 Å². The normalized spacial score (nSPS) is 23.4. The van der Waals surface area contributed by atoms with E-state index in [-0.39, 0.29) is 24.1 Å². The largest absolute Gasteiger partial charge is 0.483 e. The summed E-state index contributed by atoms with van der Waals surface area (Å²) < 4.78 is 11.2. The Morgan fingerprint density at radius 3 is 2.93 bits per heavy atom. The van der Waals surface area contributed by atoms with Crippen LogP contribution in [0.4, 0.5) is 16.2 Å². The molecule has 2 amide bonds. The predicted octanol–water partition coefficient (Wildman–Crippen LogP) is 2.14. The number of amidine groups is 1. The molecule has 1 aromatic carbocycles. The summed E-state index contributed by atoms with van der Waals surface area (Å²) in [5.41, 5.74) is 3.74. The average Bonchev–Trinajstić information content (AvgIpc) is 3.11. The number of likely N-dealkylation sites (tertiary alicyclic amines) is 1. The summed E-state index contributed by atoms with van der Waals surface area (Å²) in [6.07, 6.45) is 0.553. The minimum absolute atomic E-state index is 0.125. The fraction of sp³-hybridized carbons (Fsp3) is 0.550. The maximum Gasteiger partial charge on any atom is 0.410 e. The van der Waals surface area contributed by atoms with Gasteiger partial charge in [-0.3, -0.25) is 4.79 Å². The highest BCUT2D eigenvalue weighted by molar-refractivity contribution is 6.09. The van der Waals surface area contributed by atoms with Gasteiger partial charge in [0.05, 0.1) is 5.69 Å². The van der Waals surface area contributed by atoms with E-state index >= 15 is 0 Å². The van der Waals surface area contributed by atoms with Crippen LogP contribution >= 0.6 is 0 Å². The van der Waals surface area contributed by atoms with E-state index in [0.717, 1.165) is 23.5 Å². The molecule has 4 rings (SSSR count). The van der Waals surface area contributed by atoms with E-state index < -0.39 is 5.60 Å². The zero-order chi connectivity index (χ0) is 20.8. The summed E-state index contributed by atoms with van der Waals surface area (Å²) in [6.45, 7) is 8.99. The number of nitrogens with one attached hydrogen (secondary N) is 2. The van der Waals surface area contributed by atoms with E-state index in [9.17, 15) is 9.59 Å². The topological polar surface area (TPSA) is 95.5 Å². The maximum atomic E-state index is 12.3. The molecule has 0 spiro atoms. The lowest BCUT2D eigenvalue weighted by atomic mass is 10.1. The third kappa shape index (κ3) is 3.94. The minimum atomic E-state index is -0.502. The Morgan fingerprint density at radius 1 is 1.38 bits per heavy atom. The van der Waals surface area contributed by atoms with E-state index in [2.05, 4.69) is 15.8 Å². The van der Waals surface area contributed by atoms with Crippen molar-refractivity contribution in [2.75, 3.05) is 29.9 Å². The molecule has 0 aromatic heterocycles. The molecular weight excluding hydrogens is 374 g/mol. The number of nitrogens with zero attached hydrogens (tertiary/aromatic N) is 3. The van der Waals surface area contributed by atoms with Crippen LogP contribution in [-0.4, -0.2) is 60.1 Å². The van der Waals surface area contributed by atoms with Crippen LogP contribution in [0.1, 0.15) is 34.1 Å². The number of fused-ring (bicyclic) bond motifs is 3. The smallest absolute Gasteiger partial charge is 0.410 e. The van der Waals surface area contributed by atoms with Crippen LogP contribution in [0, 0.1) is 0 Å². The molecule has 0 radical (unpaired) electrons. The molecule has 0 unspecified atom stereocenters. The lowest BCUT2D eigenvalue weighted by Gasteiger charge is -2.38. The Hall–Kier alpha value is -2.97. The zero-order valence-electron chi connectivity index (χ0n) is 17.2. The summed E-state index contributed by atoms with van der Waals surface area (Å²) in [7, 11) is 0. The Balaban J connectivity index is 1.47. The van der Waals surface area contributed by atoms with E-state index in [0.29, 0.717) is 25.5 Å². The number of rotatable bonds is 2. The summed E-state index contributed by atoms with van der Waals surface area (Å²) in [6, 6.07) is 5.57. The number of hydrazone groups is 1. The molecular formula is C20H27N5O4. The second-order valence-corrected chi connectivity index (χ2v) is 8.58. The van der Waals surface area contributed by atoms with Gasteiger partial charge in [-0.1, -0.05) is 0 Å². The first-order valence-corrected chi connectivity index (χ1v) is 9.88. The second-order valence-electron chi connectivity index (χ2n) is 8.58. The number of anilines is 2. The van der Waals surface area contributed by atoms with Crippen LogP contribution in [0.2, 0.25) is 0 Å². The van der Waals surface area contributed by atoms with E-state index in [1.165, 1.54) is 0 Å². The molecule has 0 aliphatic carbocycles. The van der Waals surface area contributed by atoms with Crippen molar-refractivity contribution < 1.29 is 19.1 Å². The number of benzene rings is 1. The molecule has 1 saturated heterocycles. The van der Waals surface area contributed by atoms with Gasteiger partial charge >= 0.3 is 6.09 Å². The Bertz CT molecular complexity index is 863. The lowest BCUT2D eigenvalue weighted by Crippen LogP contribution is -2.55. The van der Waals surface area contributed by atoms with Crippen molar-refractivity contribution in [2.24, 2.45) is 5.10 Å². The van der Waals surface area contributed by atoms with Crippen LogP contribution in [-0.2, 0) is 9.53 Å². The third-order valence-corrected chi connectivity index (χ3v) is 5.13. The van der Waals surface area contributed by atoms with Gasteiger partial charge in [-0.15, -0.1) is 0 Å². The van der Waals surface area contributed by atoms with Crippen LogP contribution in [0.3, 0.4) is 0 Å². The first kappa shape index (κ1) is 19.4. The molecule has 0 saturated carbocycles. The Kier molecular flexibility index (Phi) is 4.76.